The zero-order valence-corrected chi connectivity index (χ0v) is 18.8. The number of hydrogen-bond acceptors (Lipinski definition) is 7. The summed E-state index contributed by atoms with van der Waals surface area (Å²) in [7, 11) is 0. The van der Waals surface area contributed by atoms with Crippen LogP contribution in [-0.4, -0.2) is 59.5 Å². The first-order chi connectivity index (χ1) is 15.9. The Balaban J connectivity index is 1.35. The van der Waals surface area contributed by atoms with Crippen molar-refractivity contribution in [3.8, 4) is 11.5 Å². The molecule has 33 heavy (non-hydrogen) atoms. The van der Waals surface area contributed by atoms with Gasteiger partial charge in [-0.15, -0.1) is 0 Å². The molecular weight excluding hydrogens is 451 g/mol. The van der Waals surface area contributed by atoms with Crippen molar-refractivity contribution >= 4 is 29.0 Å². The number of carbonyl (C=O) groups is 3. The summed E-state index contributed by atoms with van der Waals surface area (Å²) in [5.74, 6) is 0.265. The summed E-state index contributed by atoms with van der Waals surface area (Å²) in [6, 6.07) is 12.8. The van der Waals surface area contributed by atoms with Crippen LogP contribution in [0.1, 0.15) is 12.5 Å². The molecule has 2 aliphatic heterocycles. The van der Waals surface area contributed by atoms with E-state index in [9.17, 15) is 18.8 Å². The molecule has 0 aliphatic carbocycles. The first kappa shape index (κ1) is 23.1. The number of thioether (sulfide) groups is 1. The molecule has 3 atom stereocenters. The van der Waals surface area contributed by atoms with Crippen LogP contribution in [0.15, 0.2) is 48.5 Å². The van der Waals surface area contributed by atoms with Crippen molar-refractivity contribution in [2.24, 2.45) is 0 Å². The molecule has 0 saturated carbocycles. The Kier molecular flexibility index (Phi) is 6.85. The highest BCUT2D eigenvalue weighted by Crippen LogP contribution is 2.26. The minimum absolute atomic E-state index is 0.00555. The molecule has 3 amide bonds. The highest BCUT2D eigenvalue weighted by molar-refractivity contribution is 8.15. The van der Waals surface area contributed by atoms with Gasteiger partial charge in [0.2, 0.25) is 12.6 Å². The van der Waals surface area contributed by atoms with E-state index in [2.05, 4.69) is 5.32 Å². The molecule has 2 saturated heterocycles. The molecule has 1 N–H and O–H groups in total. The number of rotatable bonds is 9. The summed E-state index contributed by atoms with van der Waals surface area (Å²) in [5, 5.41) is 1.54. The van der Waals surface area contributed by atoms with Gasteiger partial charge in [0.15, 0.2) is 0 Å². The fraction of sp³-hybridized carbons (Fsp3) is 0.348. The molecule has 10 heteroatoms. The van der Waals surface area contributed by atoms with Crippen molar-refractivity contribution in [2.45, 2.75) is 24.6 Å². The second-order valence-corrected chi connectivity index (χ2v) is 9.17. The summed E-state index contributed by atoms with van der Waals surface area (Å²) < 4.78 is 30.2. The molecule has 2 heterocycles. The van der Waals surface area contributed by atoms with Gasteiger partial charge in [-0.25, -0.2) is 4.39 Å². The number of ether oxygens (including phenoxy) is 3. The van der Waals surface area contributed by atoms with Gasteiger partial charge >= 0.3 is 6.09 Å². The molecular formula is C23H24FN2O6S+. The molecule has 2 aromatic rings. The molecule has 4 rings (SSSR count). The maximum absolute atomic E-state index is 13.5. The molecule has 0 spiro atoms. The van der Waals surface area contributed by atoms with Crippen LogP contribution in [0.5, 0.6) is 11.5 Å². The summed E-state index contributed by atoms with van der Waals surface area (Å²) in [6.45, 7) is 2.82. The van der Waals surface area contributed by atoms with Crippen LogP contribution in [0.25, 0.3) is 0 Å². The van der Waals surface area contributed by atoms with E-state index in [1.165, 1.54) is 12.1 Å². The van der Waals surface area contributed by atoms with Crippen LogP contribution < -0.4 is 14.8 Å². The molecule has 0 bridgehead atoms. The van der Waals surface area contributed by atoms with E-state index in [-0.39, 0.29) is 41.6 Å². The summed E-state index contributed by atoms with van der Waals surface area (Å²) in [5.41, 5.74) is 0.910. The van der Waals surface area contributed by atoms with Crippen molar-refractivity contribution in [3.05, 3.63) is 59.9 Å². The second kappa shape index (κ2) is 9.80. The predicted molar refractivity (Wildman–Crippen MR) is 118 cm³/mol. The summed E-state index contributed by atoms with van der Waals surface area (Å²) >= 11 is 0.995. The normalized spacial score (nSPS) is 23.2. The van der Waals surface area contributed by atoms with Gasteiger partial charge in [0.1, 0.15) is 43.1 Å². The highest BCUT2D eigenvalue weighted by Gasteiger charge is 2.49. The number of quaternary nitrogens is 1. The lowest BCUT2D eigenvalue weighted by Crippen LogP contribution is -2.59. The second-order valence-electron chi connectivity index (χ2n) is 7.99. The zero-order valence-electron chi connectivity index (χ0n) is 18.0. The number of benzene rings is 2. The Morgan fingerprint density at radius 1 is 1.15 bits per heavy atom. The number of amides is 3. The SMILES string of the molecule is CC(COc1ccc(CC2SC(=O)NC2=O)cc1)[N+]1(COc2cccc(F)c2)CCOC1=O. The fourth-order valence-corrected chi connectivity index (χ4v) is 4.59. The van der Waals surface area contributed by atoms with Gasteiger partial charge in [-0.2, -0.15) is 9.28 Å². The topological polar surface area (TPSA) is 90.9 Å². The number of imide groups is 1. The molecule has 2 fully saturated rings. The molecule has 0 radical (unpaired) electrons. The standard InChI is InChI=1S/C23H23FN2O6S/c1-15(26(9-10-30-23(26)29)14-32-19-4-2-3-17(24)12-19)13-31-18-7-5-16(6-8-18)11-20-21(27)25-22(28)33-20/h2-8,12,15,20H,9-11,13-14H2,1H3/p+1. The largest absolute Gasteiger partial charge is 0.519 e. The third-order valence-corrected chi connectivity index (χ3v) is 6.76. The molecule has 174 valence electrons. The van der Waals surface area contributed by atoms with E-state index in [4.69, 9.17) is 14.2 Å². The Bertz CT molecular complexity index is 1050. The Morgan fingerprint density at radius 3 is 2.58 bits per heavy atom. The highest BCUT2D eigenvalue weighted by atomic mass is 32.2. The Labute approximate surface area is 194 Å². The predicted octanol–water partition coefficient (Wildman–Crippen LogP) is 3.49. The number of cyclic esters (lactones) is 1. The van der Waals surface area contributed by atoms with Crippen molar-refractivity contribution < 1.29 is 37.5 Å². The van der Waals surface area contributed by atoms with Crippen molar-refractivity contribution in [2.75, 3.05) is 26.5 Å². The zero-order chi connectivity index (χ0) is 23.4. The smallest absolute Gasteiger partial charge is 0.487 e. The number of halogens is 1. The van der Waals surface area contributed by atoms with E-state index in [0.717, 1.165) is 17.3 Å². The number of carbonyl (C=O) groups excluding carboxylic acids is 3. The molecule has 0 aromatic heterocycles. The van der Waals surface area contributed by atoms with Crippen LogP contribution in [0.4, 0.5) is 14.0 Å². The van der Waals surface area contributed by atoms with E-state index in [1.54, 1.807) is 24.3 Å². The quantitative estimate of drug-likeness (QED) is 0.555. The van der Waals surface area contributed by atoms with Crippen LogP contribution in [-0.2, 0) is 16.0 Å². The third kappa shape index (κ3) is 5.28. The van der Waals surface area contributed by atoms with Crippen LogP contribution in [0.3, 0.4) is 0 Å². The maximum atomic E-state index is 13.5. The van der Waals surface area contributed by atoms with Gasteiger partial charge in [-0.05, 0) is 43.2 Å². The van der Waals surface area contributed by atoms with E-state index in [1.807, 2.05) is 19.1 Å². The number of hydrogen-bond donors (Lipinski definition) is 1. The monoisotopic (exact) mass is 475 g/mol. The minimum atomic E-state index is -0.423. The maximum Gasteiger partial charge on any atom is 0.519 e. The summed E-state index contributed by atoms with van der Waals surface area (Å²) in [4.78, 5) is 35.6. The van der Waals surface area contributed by atoms with Crippen molar-refractivity contribution in [3.63, 3.8) is 0 Å². The lowest BCUT2D eigenvalue weighted by atomic mass is 10.1. The first-order valence-electron chi connectivity index (χ1n) is 10.5. The van der Waals surface area contributed by atoms with E-state index in [0.29, 0.717) is 24.5 Å². The lowest BCUT2D eigenvalue weighted by Gasteiger charge is -2.33. The van der Waals surface area contributed by atoms with Crippen LogP contribution in [0, 0.1) is 5.82 Å². The molecule has 8 nitrogen and oxygen atoms in total. The van der Waals surface area contributed by atoms with Gasteiger partial charge < -0.3 is 14.2 Å². The summed E-state index contributed by atoms with van der Waals surface area (Å²) in [6.07, 6.45) is 0.0436. The van der Waals surface area contributed by atoms with Gasteiger partial charge in [-0.3, -0.25) is 14.9 Å². The van der Waals surface area contributed by atoms with Gasteiger partial charge in [0, 0.05) is 6.07 Å². The Morgan fingerprint density at radius 2 is 1.94 bits per heavy atom. The fourth-order valence-electron chi connectivity index (χ4n) is 3.73. The number of nitrogens with zero attached hydrogens (tertiary/aromatic N) is 1. The number of nitrogens with one attached hydrogen (secondary N) is 1. The van der Waals surface area contributed by atoms with Gasteiger partial charge in [0.05, 0.1) is 5.25 Å². The van der Waals surface area contributed by atoms with Crippen LogP contribution >= 0.6 is 11.8 Å². The van der Waals surface area contributed by atoms with Gasteiger partial charge in [-0.1, -0.05) is 30.0 Å². The Hall–Kier alpha value is -3.11. The van der Waals surface area contributed by atoms with Gasteiger partial charge in [0.25, 0.3) is 5.24 Å². The van der Waals surface area contributed by atoms with E-state index >= 15 is 0 Å². The average molecular weight is 476 g/mol. The average Bonchev–Trinajstić information content (AvgIpc) is 3.32. The molecule has 2 aliphatic rings. The van der Waals surface area contributed by atoms with E-state index < -0.39 is 17.2 Å². The van der Waals surface area contributed by atoms with Crippen molar-refractivity contribution in [1.29, 1.82) is 0 Å². The lowest BCUT2D eigenvalue weighted by molar-refractivity contribution is -0.882. The first-order valence-corrected chi connectivity index (χ1v) is 11.4. The molecule has 2 aromatic carbocycles. The third-order valence-electron chi connectivity index (χ3n) is 5.78. The minimum Gasteiger partial charge on any atom is -0.487 e. The van der Waals surface area contributed by atoms with Crippen LogP contribution in [0.2, 0.25) is 0 Å². The van der Waals surface area contributed by atoms with Crippen molar-refractivity contribution in [1.82, 2.24) is 5.32 Å². The molecule has 3 unspecified atom stereocenters.